The van der Waals surface area contributed by atoms with E-state index < -0.39 is 0 Å². The number of para-hydroxylation sites is 2. The fourth-order valence-corrected chi connectivity index (χ4v) is 2.72. The average molecular weight is 379 g/mol. The Morgan fingerprint density at radius 3 is 1.88 bits per heavy atom. The minimum absolute atomic E-state index is 0. The molecule has 0 spiro atoms. The van der Waals surface area contributed by atoms with Crippen molar-refractivity contribution in [2.75, 3.05) is 0 Å². The molecule has 0 aliphatic rings. The SMILES string of the molecule is Oc1ccccc1-c1nnc(-c2ccccc2)n1-c1ccccc1.[Zn]. The summed E-state index contributed by atoms with van der Waals surface area (Å²) >= 11 is 0. The number of nitrogens with zero attached hydrogens (tertiary/aromatic N) is 3. The van der Waals surface area contributed by atoms with E-state index in [-0.39, 0.29) is 25.2 Å². The van der Waals surface area contributed by atoms with Crippen molar-refractivity contribution in [3.05, 3.63) is 84.9 Å². The van der Waals surface area contributed by atoms with Gasteiger partial charge in [0.2, 0.25) is 0 Å². The van der Waals surface area contributed by atoms with Gasteiger partial charge in [-0.1, -0.05) is 60.7 Å². The van der Waals surface area contributed by atoms with Crippen LogP contribution in [0.25, 0.3) is 28.5 Å². The molecule has 4 nitrogen and oxygen atoms in total. The van der Waals surface area contributed by atoms with E-state index in [1.807, 2.05) is 77.4 Å². The maximum absolute atomic E-state index is 10.2. The fraction of sp³-hybridized carbons (Fsp3) is 0. The maximum Gasteiger partial charge on any atom is 0.172 e. The van der Waals surface area contributed by atoms with Crippen LogP contribution in [0.4, 0.5) is 0 Å². The molecule has 4 rings (SSSR count). The van der Waals surface area contributed by atoms with Gasteiger partial charge < -0.3 is 5.11 Å². The molecule has 3 aromatic carbocycles. The summed E-state index contributed by atoms with van der Waals surface area (Å²) < 4.78 is 1.96. The van der Waals surface area contributed by atoms with Gasteiger partial charge >= 0.3 is 0 Å². The summed E-state index contributed by atoms with van der Waals surface area (Å²) in [5, 5.41) is 19.0. The van der Waals surface area contributed by atoms with E-state index in [4.69, 9.17) is 0 Å². The largest absolute Gasteiger partial charge is 0.507 e. The number of hydrogen-bond acceptors (Lipinski definition) is 3. The van der Waals surface area contributed by atoms with Gasteiger partial charge in [0.25, 0.3) is 0 Å². The Morgan fingerprint density at radius 2 is 1.20 bits per heavy atom. The Labute approximate surface area is 158 Å². The molecule has 0 radical (unpaired) electrons. The van der Waals surface area contributed by atoms with E-state index >= 15 is 0 Å². The smallest absolute Gasteiger partial charge is 0.172 e. The summed E-state index contributed by atoms with van der Waals surface area (Å²) in [5.74, 6) is 1.53. The van der Waals surface area contributed by atoms with Gasteiger partial charge in [0.05, 0.1) is 5.56 Å². The molecule has 1 heterocycles. The van der Waals surface area contributed by atoms with Crippen LogP contribution in [0, 0.1) is 0 Å². The van der Waals surface area contributed by atoms with Gasteiger partial charge in [0.1, 0.15) is 5.75 Å². The third-order valence-corrected chi connectivity index (χ3v) is 3.85. The zero-order valence-electron chi connectivity index (χ0n) is 13.6. The average Bonchev–Trinajstić information content (AvgIpc) is 3.08. The van der Waals surface area contributed by atoms with Crippen LogP contribution in [0.3, 0.4) is 0 Å². The first-order valence-electron chi connectivity index (χ1n) is 7.69. The van der Waals surface area contributed by atoms with E-state index in [1.165, 1.54) is 0 Å². The molecular formula is C20H15N3OZn. The van der Waals surface area contributed by atoms with Crippen molar-refractivity contribution in [2.45, 2.75) is 0 Å². The van der Waals surface area contributed by atoms with Gasteiger partial charge in [-0.2, -0.15) is 0 Å². The number of phenols is 1. The Morgan fingerprint density at radius 1 is 0.640 bits per heavy atom. The van der Waals surface area contributed by atoms with Crippen LogP contribution >= 0.6 is 0 Å². The molecule has 4 aromatic rings. The van der Waals surface area contributed by atoms with Crippen LogP contribution in [0.15, 0.2) is 84.9 Å². The van der Waals surface area contributed by atoms with Crippen molar-refractivity contribution in [1.29, 1.82) is 0 Å². The Hall–Kier alpha value is -2.78. The van der Waals surface area contributed by atoms with Crippen LogP contribution in [-0.4, -0.2) is 19.9 Å². The number of rotatable bonds is 3. The molecule has 0 bridgehead atoms. The first-order chi connectivity index (χ1) is 11.8. The van der Waals surface area contributed by atoms with E-state index in [9.17, 15) is 5.11 Å². The van der Waals surface area contributed by atoms with Crippen LogP contribution in [0.1, 0.15) is 0 Å². The van der Waals surface area contributed by atoms with Crippen LogP contribution in [0.5, 0.6) is 5.75 Å². The van der Waals surface area contributed by atoms with E-state index in [0.29, 0.717) is 11.4 Å². The molecule has 5 heteroatoms. The second kappa shape index (κ2) is 7.41. The van der Waals surface area contributed by atoms with E-state index in [1.54, 1.807) is 12.1 Å². The predicted octanol–water partition coefficient (Wildman–Crippen LogP) is 4.30. The predicted molar refractivity (Wildman–Crippen MR) is 93.9 cm³/mol. The molecule has 0 atom stereocenters. The van der Waals surface area contributed by atoms with Crippen molar-refractivity contribution in [2.24, 2.45) is 0 Å². The van der Waals surface area contributed by atoms with Gasteiger partial charge in [-0.25, -0.2) is 0 Å². The Bertz CT molecular complexity index is 969. The monoisotopic (exact) mass is 377 g/mol. The normalized spacial score (nSPS) is 10.2. The van der Waals surface area contributed by atoms with Crippen molar-refractivity contribution >= 4 is 0 Å². The van der Waals surface area contributed by atoms with E-state index in [0.717, 1.165) is 17.1 Å². The quantitative estimate of drug-likeness (QED) is 0.541. The molecular weight excluding hydrogens is 364 g/mol. The summed E-state index contributed by atoms with van der Waals surface area (Å²) in [5.41, 5.74) is 2.56. The number of hydrogen-bond donors (Lipinski definition) is 1. The van der Waals surface area contributed by atoms with Gasteiger partial charge in [0.15, 0.2) is 11.6 Å². The Kier molecular flexibility index (Phi) is 5.06. The second-order valence-electron chi connectivity index (χ2n) is 5.40. The molecule has 0 saturated heterocycles. The van der Waals surface area contributed by atoms with Crippen LogP contribution in [0.2, 0.25) is 0 Å². The molecule has 0 aliphatic carbocycles. The van der Waals surface area contributed by atoms with Crippen molar-refractivity contribution in [3.8, 4) is 34.2 Å². The summed E-state index contributed by atoms with van der Waals surface area (Å²) in [7, 11) is 0. The standard InChI is InChI=1S/C20H15N3O.Zn/c24-18-14-8-7-13-17(18)20-22-21-19(15-9-3-1-4-10-15)23(20)16-11-5-2-6-12-16;/h1-14,24H;. The third kappa shape index (κ3) is 3.24. The van der Waals surface area contributed by atoms with Gasteiger partial charge in [-0.15, -0.1) is 10.2 Å². The third-order valence-electron chi connectivity index (χ3n) is 3.85. The molecule has 0 aliphatic heterocycles. The molecule has 1 aromatic heterocycles. The summed E-state index contributed by atoms with van der Waals surface area (Å²) in [6.45, 7) is 0. The summed E-state index contributed by atoms with van der Waals surface area (Å²) in [6.07, 6.45) is 0. The fourth-order valence-electron chi connectivity index (χ4n) is 2.72. The van der Waals surface area contributed by atoms with Gasteiger partial charge in [-0.05, 0) is 24.3 Å². The zero-order valence-corrected chi connectivity index (χ0v) is 16.5. The van der Waals surface area contributed by atoms with Crippen molar-refractivity contribution < 1.29 is 24.6 Å². The number of benzene rings is 3. The molecule has 0 saturated carbocycles. The number of aromatic nitrogens is 3. The second-order valence-corrected chi connectivity index (χ2v) is 5.40. The van der Waals surface area contributed by atoms with Gasteiger partial charge in [0, 0.05) is 30.7 Å². The number of phenolic OH excluding ortho intramolecular Hbond substituents is 1. The van der Waals surface area contributed by atoms with Gasteiger partial charge in [-0.3, -0.25) is 4.57 Å². The molecule has 25 heavy (non-hydrogen) atoms. The van der Waals surface area contributed by atoms with Crippen LogP contribution in [-0.2, 0) is 19.5 Å². The van der Waals surface area contributed by atoms with Crippen molar-refractivity contribution in [3.63, 3.8) is 0 Å². The number of aromatic hydroxyl groups is 1. The van der Waals surface area contributed by atoms with E-state index in [2.05, 4.69) is 10.2 Å². The first-order valence-corrected chi connectivity index (χ1v) is 7.69. The molecule has 0 unspecified atom stereocenters. The first kappa shape index (κ1) is 17.1. The Balaban J connectivity index is 0.00000182. The van der Waals surface area contributed by atoms with Crippen molar-refractivity contribution in [1.82, 2.24) is 14.8 Å². The topological polar surface area (TPSA) is 50.9 Å². The summed E-state index contributed by atoms with van der Waals surface area (Å²) in [6, 6.07) is 27.0. The molecule has 118 valence electrons. The maximum atomic E-state index is 10.2. The minimum Gasteiger partial charge on any atom is -0.507 e. The molecule has 0 fully saturated rings. The summed E-state index contributed by atoms with van der Waals surface area (Å²) in [4.78, 5) is 0. The molecule has 0 amide bonds. The zero-order chi connectivity index (χ0) is 16.4. The minimum atomic E-state index is 0. The molecule has 1 N–H and O–H groups in total. The van der Waals surface area contributed by atoms with Crippen LogP contribution < -0.4 is 0 Å².